The second kappa shape index (κ2) is 33.6. The zero-order valence-corrected chi connectivity index (χ0v) is 72.3. The minimum atomic E-state index is 0.214. The highest BCUT2D eigenvalue weighted by molar-refractivity contribution is 5.84. The molecule has 0 spiro atoms. The predicted octanol–water partition coefficient (Wildman–Crippen LogP) is 30.4. The Labute approximate surface area is 629 Å². The molecule has 0 aliphatic heterocycles. The third-order valence-electron chi connectivity index (χ3n) is 19.5. The molecule has 0 unspecified atom stereocenters. The van der Waals surface area contributed by atoms with Crippen molar-refractivity contribution in [1.29, 1.82) is 0 Å². The maximum Gasteiger partial charge on any atom is -0.00258 e. The summed E-state index contributed by atoms with van der Waals surface area (Å²) in [5.41, 5.74) is 26.6. The van der Waals surface area contributed by atoms with Gasteiger partial charge in [0.2, 0.25) is 0 Å². The van der Waals surface area contributed by atoms with Crippen LogP contribution in [0.25, 0.3) is 21.9 Å². The van der Waals surface area contributed by atoms with Crippen LogP contribution in [-0.4, -0.2) is 0 Å². The van der Waals surface area contributed by atoms with Crippen molar-refractivity contribution in [3.05, 3.63) is 284 Å². The third-order valence-corrected chi connectivity index (χ3v) is 19.5. The summed E-state index contributed by atoms with van der Waals surface area (Å²) in [7, 11) is 0. The summed E-state index contributed by atoms with van der Waals surface area (Å²) in [5, 5.41) is 2.69. The molecule has 9 aromatic carbocycles. The molecular formula is C102H146. The van der Waals surface area contributed by atoms with Crippen LogP contribution in [0, 0.1) is 6.92 Å². The molecule has 9 aromatic rings. The Morgan fingerprint density at radius 3 is 0.608 bits per heavy atom. The van der Waals surface area contributed by atoms with E-state index in [0.29, 0.717) is 0 Å². The van der Waals surface area contributed by atoms with Crippen LogP contribution in [-0.2, 0) is 71.4 Å². The van der Waals surface area contributed by atoms with Gasteiger partial charge in [-0.3, -0.25) is 0 Å². The quantitative estimate of drug-likeness (QED) is 0.165. The normalized spacial score (nSPS) is 12.8. The van der Waals surface area contributed by atoms with E-state index < -0.39 is 0 Å². The molecule has 0 radical (unpaired) electrons. The molecule has 0 saturated heterocycles. The molecular weight excluding hydrogens is 1230 g/mol. The van der Waals surface area contributed by atoms with E-state index in [1.54, 1.807) is 0 Å². The van der Waals surface area contributed by atoms with E-state index in [9.17, 15) is 0 Å². The standard InChI is InChI=1S/C21H28.C20H26.C18H24.C15H24.2C14H22/c1-20(2,3)18-11-7-16(8-12-18)15-17-9-13-19(14-10-17)21(4,5)6;1-19(2,3)17-11-7-15(8-12-17)16-9-13-18(14-10-16)20(4,5)6;1-17(2,3)15-9-7-13-8-10-16(18(4,5)6)12-14(13)11-15;1-11-10-12(14(2,3)4)8-9-13(11)15(5,6)7;1-13(2,3)11-7-9-12(10-8-11)14(4,5)6;1-13(2,3)11-9-7-8-10-12(11)14(4,5)6/h7-14H,15H2,1-6H3;7-14H,1-6H3;7-12H,1-6H3;8-10H,1-7H3;2*7-10H,1-6H3. The van der Waals surface area contributed by atoms with Crippen LogP contribution in [0.15, 0.2) is 200 Å². The van der Waals surface area contributed by atoms with Crippen LogP contribution in [0.4, 0.5) is 0 Å². The van der Waals surface area contributed by atoms with Gasteiger partial charge in [0.1, 0.15) is 0 Å². The minimum absolute atomic E-state index is 0.214. The Bertz CT molecular complexity index is 3780. The van der Waals surface area contributed by atoms with Gasteiger partial charge in [0, 0.05) is 0 Å². The molecule has 0 heterocycles. The van der Waals surface area contributed by atoms with Gasteiger partial charge in [0.25, 0.3) is 0 Å². The van der Waals surface area contributed by atoms with Crippen molar-refractivity contribution in [2.75, 3.05) is 0 Å². The second-order valence-corrected chi connectivity index (χ2v) is 41.7. The highest BCUT2D eigenvalue weighted by atomic mass is 14.3. The fourth-order valence-corrected chi connectivity index (χ4v) is 12.2. The highest BCUT2D eigenvalue weighted by Gasteiger charge is 2.26. The fourth-order valence-electron chi connectivity index (χ4n) is 12.2. The molecule has 102 heavy (non-hydrogen) atoms. The van der Waals surface area contributed by atoms with Gasteiger partial charge in [-0.2, -0.15) is 0 Å². The van der Waals surface area contributed by atoms with Crippen LogP contribution in [0.3, 0.4) is 0 Å². The number of fused-ring (bicyclic) bond motifs is 1. The van der Waals surface area contributed by atoms with E-state index >= 15 is 0 Å². The first-order valence-corrected chi connectivity index (χ1v) is 38.4. The Balaban J connectivity index is 0.000000261. The van der Waals surface area contributed by atoms with Crippen molar-refractivity contribution in [3.8, 4) is 11.1 Å². The molecule has 554 valence electrons. The molecule has 0 heteroatoms. The Hall–Kier alpha value is -6.76. The summed E-state index contributed by atoms with van der Waals surface area (Å²) in [6, 6.07) is 74.3. The predicted molar refractivity (Wildman–Crippen MR) is 460 cm³/mol. The number of rotatable bonds is 3. The Morgan fingerprint density at radius 1 is 0.176 bits per heavy atom. The molecule has 0 fully saturated rings. The molecule has 0 aliphatic carbocycles. The van der Waals surface area contributed by atoms with Crippen LogP contribution in [0.2, 0.25) is 0 Å². The maximum atomic E-state index is 2.34. The van der Waals surface area contributed by atoms with Gasteiger partial charge in [-0.25, -0.2) is 0 Å². The molecule has 0 nitrogen and oxygen atoms in total. The molecule has 0 aromatic heterocycles. The van der Waals surface area contributed by atoms with Crippen molar-refractivity contribution in [2.24, 2.45) is 0 Å². The summed E-state index contributed by atoms with van der Waals surface area (Å²) in [4.78, 5) is 0. The third kappa shape index (κ3) is 27.7. The summed E-state index contributed by atoms with van der Waals surface area (Å²) in [6.07, 6.45) is 1.01. The van der Waals surface area contributed by atoms with E-state index in [2.05, 4.69) is 456 Å². The molecule has 0 amide bonds. The van der Waals surface area contributed by atoms with Gasteiger partial charge in [-0.1, -0.05) is 449 Å². The van der Waals surface area contributed by atoms with Crippen molar-refractivity contribution >= 4 is 10.8 Å². The number of benzene rings is 9. The zero-order chi connectivity index (χ0) is 78.0. The zero-order valence-electron chi connectivity index (χ0n) is 72.3. The molecule has 0 N–H and O–H groups in total. The lowest BCUT2D eigenvalue weighted by Gasteiger charge is -2.29. The lowest BCUT2D eigenvalue weighted by Crippen LogP contribution is -2.21. The maximum absolute atomic E-state index is 2.34. The minimum Gasteiger partial charge on any atom is -0.0620 e. The average Bonchev–Trinajstić information content (AvgIpc) is 0.805. The molecule has 0 atom stereocenters. The SMILES string of the molecule is CC(C)(C)c1ccc(-c2ccc(C(C)(C)C)cc2)cc1.CC(C)(C)c1ccc(C(C)(C)C)cc1.CC(C)(C)c1ccc(Cc2ccc(C(C)(C)C)cc2)cc1.CC(C)(C)c1ccc2ccc(C(C)(C)C)cc2c1.CC(C)(C)c1ccccc1C(C)(C)C.Cc1cc(C(C)(C)C)ccc1C(C)(C)C. The molecule has 0 saturated carbocycles. The van der Waals surface area contributed by atoms with Crippen LogP contribution in [0.5, 0.6) is 0 Å². The monoisotopic (exact) mass is 1370 g/mol. The van der Waals surface area contributed by atoms with Crippen LogP contribution < -0.4 is 0 Å². The highest BCUT2D eigenvalue weighted by Crippen LogP contribution is 2.37. The number of hydrogen-bond donors (Lipinski definition) is 0. The summed E-state index contributed by atoms with van der Waals surface area (Å²) in [6.45, 7) is 83.6. The number of hydrogen-bond acceptors (Lipinski definition) is 0. The first kappa shape index (κ1) is 87.6. The van der Waals surface area contributed by atoms with Gasteiger partial charge in [-0.15, -0.1) is 0 Å². The summed E-state index contributed by atoms with van der Waals surface area (Å²) < 4.78 is 0. The van der Waals surface area contributed by atoms with Crippen molar-refractivity contribution < 1.29 is 0 Å². The first-order valence-electron chi connectivity index (χ1n) is 38.4. The summed E-state index contributed by atoms with van der Waals surface area (Å²) >= 11 is 0. The lowest BCUT2D eigenvalue weighted by molar-refractivity contribution is 0.530. The van der Waals surface area contributed by atoms with Crippen molar-refractivity contribution in [2.45, 2.75) is 328 Å². The Kier molecular flexibility index (Phi) is 28.8. The average molecular weight is 1370 g/mol. The lowest BCUT2D eigenvalue weighted by atomic mass is 9.75. The largest absolute Gasteiger partial charge is 0.0620 e. The molecule has 0 aliphatic rings. The van der Waals surface area contributed by atoms with Gasteiger partial charge in [0.05, 0.1) is 0 Å². The van der Waals surface area contributed by atoms with Gasteiger partial charge in [-0.05, 0) is 184 Å². The van der Waals surface area contributed by atoms with E-state index in [1.165, 1.54) is 105 Å². The van der Waals surface area contributed by atoms with E-state index in [4.69, 9.17) is 0 Å². The van der Waals surface area contributed by atoms with Gasteiger partial charge in [0.15, 0.2) is 0 Å². The van der Waals surface area contributed by atoms with Crippen LogP contribution in [0.1, 0.15) is 333 Å². The van der Waals surface area contributed by atoms with Crippen LogP contribution >= 0.6 is 0 Å². The van der Waals surface area contributed by atoms with E-state index in [0.717, 1.165) is 6.42 Å². The van der Waals surface area contributed by atoms with Crippen molar-refractivity contribution in [1.82, 2.24) is 0 Å². The Morgan fingerprint density at radius 2 is 0.382 bits per heavy atom. The topological polar surface area (TPSA) is 0 Å². The number of aryl methyl sites for hydroxylation is 1. The summed E-state index contributed by atoms with van der Waals surface area (Å²) in [5.74, 6) is 0. The first-order chi connectivity index (χ1) is 46.1. The molecule has 9 rings (SSSR count). The molecule has 0 bridgehead atoms. The smallest absolute Gasteiger partial charge is 0.00258 e. The van der Waals surface area contributed by atoms with Gasteiger partial charge >= 0.3 is 0 Å². The van der Waals surface area contributed by atoms with E-state index in [-0.39, 0.29) is 65.0 Å². The van der Waals surface area contributed by atoms with Crippen molar-refractivity contribution in [3.63, 3.8) is 0 Å². The second-order valence-electron chi connectivity index (χ2n) is 41.7. The van der Waals surface area contributed by atoms with Gasteiger partial charge < -0.3 is 0 Å². The fraction of sp³-hybridized carbons (Fsp3) is 0.490. The van der Waals surface area contributed by atoms with E-state index in [1.807, 2.05) is 0 Å².